The van der Waals surface area contributed by atoms with Crippen LogP contribution >= 0.6 is 23.1 Å². The number of thiazole rings is 1. The highest BCUT2D eigenvalue weighted by molar-refractivity contribution is 8.15. The number of aryl methyl sites for hydroxylation is 1. The van der Waals surface area contributed by atoms with E-state index in [4.69, 9.17) is 0 Å². The van der Waals surface area contributed by atoms with Gasteiger partial charge in [-0.2, -0.15) is 0 Å². The molecule has 1 aromatic carbocycles. The van der Waals surface area contributed by atoms with Gasteiger partial charge in [-0.05, 0) is 31.0 Å². The van der Waals surface area contributed by atoms with E-state index in [9.17, 15) is 9.59 Å². The average Bonchev–Trinajstić information content (AvgIpc) is 3.20. The van der Waals surface area contributed by atoms with E-state index in [2.05, 4.69) is 26.7 Å². The number of fused-ring (bicyclic) bond motifs is 1. The fourth-order valence-corrected chi connectivity index (χ4v) is 4.42. The van der Waals surface area contributed by atoms with Gasteiger partial charge in [0, 0.05) is 28.4 Å². The van der Waals surface area contributed by atoms with Crippen molar-refractivity contribution in [2.24, 2.45) is 0 Å². The zero-order valence-corrected chi connectivity index (χ0v) is 14.6. The van der Waals surface area contributed by atoms with Gasteiger partial charge in [0.05, 0.1) is 16.0 Å². The zero-order valence-electron chi connectivity index (χ0n) is 13.0. The Morgan fingerprint density at radius 2 is 2.17 bits per heavy atom. The lowest BCUT2D eigenvalue weighted by molar-refractivity contribution is -0.118. The number of thioether (sulfide) groups is 1. The molecule has 1 unspecified atom stereocenters. The van der Waals surface area contributed by atoms with Crippen molar-refractivity contribution < 1.29 is 9.59 Å². The number of aromatic amines is 1. The van der Waals surface area contributed by atoms with E-state index >= 15 is 0 Å². The van der Waals surface area contributed by atoms with Crippen molar-refractivity contribution in [3.8, 4) is 0 Å². The summed E-state index contributed by atoms with van der Waals surface area (Å²) in [6, 6.07) is 8.15. The molecule has 0 saturated carbocycles. The molecular weight excluding hydrogens is 342 g/mol. The first-order valence-electron chi connectivity index (χ1n) is 7.60. The highest BCUT2D eigenvalue weighted by Gasteiger charge is 2.31. The predicted octanol–water partition coefficient (Wildman–Crippen LogP) is 3.42. The highest BCUT2D eigenvalue weighted by Crippen LogP contribution is 2.28. The first kappa shape index (κ1) is 15.4. The van der Waals surface area contributed by atoms with Crippen LogP contribution in [0.4, 0.5) is 4.79 Å². The van der Waals surface area contributed by atoms with Gasteiger partial charge in [-0.25, -0.2) is 4.98 Å². The van der Waals surface area contributed by atoms with Crippen molar-refractivity contribution in [2.45, 2.75) is 25.0 Å². The van der Waals surface area contributed by atoms with Crippen molar-refractivity contribution in [2.75, 3.05) is 0 Å². The Hall–Kier alpha value is -2.12. The van der Waals surface area contributed by atoms with Crippen LogP contribution in [0.25, 0.3) is 10.9 Å². The molecule has 0 spiro atoms. The lowest BCUT2D eigenvalue weighted by atomic mass is 10.0. The fraction of sp³-hybridized carbons (Fsp3) is 0.235. The van der Waals surface area contributed by atoms with Crippen molar-refractivity contribution in [3.63, 3.8) is 0 Å². The number of benzene rings is 1. The minimum absolute atomic E-state index is 0.198. The van der Waals surface area contributed by atoms with Crippen molar-refractivity contribution in [1.82, 2.24) is 15.3 Å². The van der Waals surface area contributed by atoms with Gasteiger partial charge in [-0.15, -0.1) is 11.3 Å². The first-order chi connectivity index (χ1) is 11.6. The van der Waals surface area contributed by atoms with Crippen LogP contribution in [0, 0.1) is 6.92 Å². The molecule has 0 bridgehead atoms. The molecule has 1 atom stereocenters. The molecule has 1 saturated heterocycles. The topological polar surface area (TPSA) is 74.8 Å². The standard InChI is InChI=1S/C17H15N3O2S2/c1-9-18-12(8-23-9)6-11-7-13-10(3-2-4-14(13)19-11)5-15-16(21)20-17(22)24-15/h2-4,7-8,15,19H,5-6H2,1H3,(H,20,21,22). The number of H-pyrrole nitrogens is 1. The molecule has 1 fully saturated rings. The summed E-state index contributed by atoms with van der Waals surface area (Å²) >= 11 is 2.72. The highest BCUT2D eigenvalue weighted by atomic mass is 32.2. The molecule has 3 heterocycles. The molecule has 0 radical (unpaired) electrons. The van der Waals surface area contributed by atoms with Gasteiger partial charge in [-0.3, -0.25) is 14.9 Å². The summed E-state index contributed by atoms with van der Waals surface area (Å²) in [7, 11) is 0. The van der Waals surface area contributed by atoms with Crippen LogP contribution in [0.15, 0.2) is 29.6 Å². The Balaban J connectivity index is 1.62. The van der Waals surface area contributed by atoms with Crippen LogP contribution in [0.1, 0.15) is 22.0 Å². The van der Waals surface area contributed by atoms with Crippen LogP contribution < -0.4 is 5.32 Å². The number of carbonyl (C=O) groups excluding carboxylic acids is 2. The normalized spacial score (nSPS) is 17.6. The van der Waals surface area contributed by atoms with Gasteiger partial charge in [0.2, 0.25) is 5.91 Å². The van der Waals surface area contributed by atoms with Gasteiger partial charge < -0.3 is 4.98 Å². The van der Waals surface area contributed by atoms with Crippen molar-refractivity contribution >= 4 is 45.1 Å². The van der Waals surface area contributed by atoms with E-state index in [0.717, 1.165) is 51.0 Å². The molecule has 4 rings (SSSR count). The SMILES string of the molecule is Cc1nc(Cc2cc3c(CC4SC(=O)NC4=O)cccc3[nH]2)cs1. The fourth-order valence-electron chi connectivity index (χ4n) is 2.96. The number of amides is 2. The maximum Gasteiger partial charge on any atom is 0.286 e. The minimum Gasteiger partial charge on any atom is -0.358 e. The third-order valence-corrected chi connectivity index (χ3v) is 5.82. The molecule has 2 aromatic heterocycles. The largest absolute Gasteiger partial charge is 0.358 e. The van der Waals surface area contributed by atoms with Crippen molar-refractivity contribution in [1.29, 1.82) is 0 Å². The second-order valence-electron chi connectivity index (χ2n) is 5.79. The lowest BCUT2D eigenvalue weighted by Gasteiger charge is -2.06. The van der Waals surface area contributed by atoms with E-state index in [1.807, 2.05) is 25.1 Å². The summed E-state index contributed by atoms with van der Waals surface area (Å²) in [6.45, 7) is 2.00. The number of rotatable bonds is 4. The minimum atomic E-state index is -0.345. The third kappa shape index (κ3) is 2.97. The monoisotopic (exact) mass is 357 g/mol. The second kappa shape index (κ2) is 6.07. The van der Waals surface area contributed by atoms with E-state index in [0.29, 0.717) is 6.42 Å². The number of hydrogen-bond donors (Lipinski definition) is 2. The summed E-state index contributed by atoms with van der Waals surface area (Å²) in [5.74, 6) is -0.198. The van der Waals surface area contributed by atoms with Crippen molar-refractivity contribution in [3.05, 3.63) is 51.6 Å². The summed E-state index contributed by atoms with van der Waals surface area (Å²) in [6.07, 6.45) is 1.31. The summed E-state index contributed by atoms with van der Waals surface area (Å²) in [5, 5.41) is 5.99. The van der Waals surface area contributed by atoms with Gasteiger partial charge in [0.15, 0.2) is 0 Å². The zero-order chi connectivity index (χ0) is 16.7. The maximum absolute atomic E-state index is 11.8. The Morgan fingerprint density at radius 1 is 1.29 bits per heavy atom. The predicted molar refractivity (Wildman–Crippen MR) is 96.6 cm³/mol. The smallest absolute Gasteiger partial charge is 0.286 e. The molecule has 2 amide bonds. The Labute approximate surface area is 146 Å². The number of aromatic nitrogens is 2. The maximum atomic E-state index is 11.8. The van der Waals surface area contributed by atoms with Crippen LogP contribution in [0.5, 0.6) is 0 Å². The van der Waals surface area contributed by atoms with Gasteiger partial charge in [0.1, 0.15) is 0 Å². The van der Waals surface area contributed by atoms with Gasteiger partial charge in [-0.1, -0.05) is 23.9 Å². The van der Waals surface area contributed by atoms with E-state index in [1.54, 1.807) is 11.3 Å². The number of hydrogen-bond acceptors (Lipinski definition) is 5. The molecular formula is C17H15N3O2S2. The number of nitrogens with zero attached hydrogens (tertiary/aromatic N) is 1. The summed E-state index contributed by atoms with van der Waals surface area (Å²) < 4.78 is 0. The summed E-state index contributed by atoms with van der Waals surface area (Å²) in [4.78, 5) is 31.1. The van der Waals surface area contributed by atoms with E-state index in [-0.39, 0.29) is 16.4 Å². The molecule has 0 aliphatic carbocycles. The van der Waals surface area contributed by atoms with E-state index in [1.165, 1.54) is 0 Å². The molecule has 1 aliphatic heterocycles. The number of imide groups is 1. The average molecular weight is 357 g/mol. The Kier molecular flexibility index (Phi) is 3.90. The van der Waals surface area contributed by atoms with Crippen LogP contribution in [0.3, 0.4) is 0 Å². The van der Waals surface area contributed by atoms with Crippen LogP contribution in [-0.4, -0.2) is 26.4 Å². The van der Waals surface area contributed by atoms with E-state index < -0.39 is 0 Å². The first-order valence-corrected chi connectivity index (χ1v) is 9.36. The molecule has 7 heteroatoms. The Morgan fingerprint density at radius 3 is 2.88 bits per heavy atom. The molecule has 2 N–H and O–H groups in total. The van der Waals surface area contributed by atoms with Gasteiger partial charge >= 0.3 is 0 Å². The molecule has 1 aliphatic rings. The summed E-state index contributed by atoms with van der Waals surface area (Å²) in [5.41, 5.74) is 4.28. The van der Waals surface area contributed by atoms with Crippen LogP contribution in [0.2, 0.25) is 0 Å². The van der Waals surface area contributed by atoms with Gasteiger partial charge in [0.25, 0.3) is 5.24 Å². The van der Waals surface area contributed by atoms with Crippen LogP contribution in [-0.2, 0) is 17.6 Å². The molecule has 24 heavy (non-hydrogen) atoms. The number of nitrogens with one attached hydrogen (secondary N) is 2. The second-order valence-corrected chi connectivity index (χ2v) is 8.03. The quantitative estimate of drug-likeness (QED) is 0.750. The molecule has 122 valence electrons. The Bertz CT molecular complexity index is 944. The third-order valence-electron chi connectivity index (χ3n) is 4.02. The molecule has 3 aromatic rings. The molecule has 5 nitrogen and oxygen atoms in total. The number of carbonyl (C=O) groups is 2. The lowest BCUT2D eigenvalue weighted by Crippen LogP contribution is -2.25.